The van der Waals surface area contributed by atoms with Crippen LogP contribution in [0.4, 0.5) is 18.9 Å². The summed E-state index contributed by atoms with van der Waals surface area (Å²) in [6.45, 7) is 1.28. The van der Waals surface area contributed by atoms with Crippen LogP contribution < -0.4 is 10.1 Å². The van der Waals surface area contributed by atoms with E-state index in [-0.39, 0.29) is 0 Å². The molecule has 0 spiro atoms. The topological polar surface area (TPSA) is 45.0 Å². The van der Waals surface area contributed by atoms with Crippen molar-refractivity contribution in [3.05, 3.63) is 23.8 Å². The molecule has 0 aliphatic carbocycles. The number of alkyl halides is 3. The molecule has 0 radical (unpaired) electrons. The molecule has 0 saturated carbocycles. The molecule has 0 fully saturated rings. The van der Waals surface area contributed by atoms with Gasteiger partial charge in [0.25, 0.3) is 0 Å². The lowest BCUT2D eigenvalue weighted by Gasteiger charge is -2.16. The van der Waals surface area contributed by atoms with E-state index in [4.69, 9.17) is 10.00 Å². The van der Waals surface area contributed by atoms with E-state index in [1.54, 1.807) is 25.1 Å². The summed E-state index contributed by atoms with van der Waals surface area (Å²) in [5.74, 6) is -1.38. The Labute approximate surface area is 103 Å². The van der Waals surface area contributed by atoms with Gasteiger partial charge in [-0.3, -0.25) is 0 Å². The van der Waals surface area contributed by atoms with Gasteiger partial charge in [0, 0.05) is 12.2 Å². The summed E-state index contributed by atoms with van der Waals surface area (Å²) in [6, 6.07) is 6.21. The third-order valence-corrected chi connectivity index (χ3v) is 2.48. The summed E-state index contributed by atoms with van der Waals surface area (Å²) in [6.07, 6.45) is -4.51. The highest BCUT2D eigenvalue weighted by Crippen LogP contribution is 2.27. The average Bonchev–Trinajstić information content (AvgIpc) is 2.29. The van der Waals surface area contributed by atoms with Gasteiger partial charge in [-0.1, -0.05) is 0 Å². The van der Waals surface area contributed by atoms with Gasteiger partial charge in [-0.2, -0.15) is 18.4 Å². The molecule has 6 heteroatoms. The molecule has 0 aliphatic rings. The number of aryl methyl sites for hydroxylation is 1. The van der Waals surface area contributed by atoms with Crippen molar-refractivity contribution in [3.8, 4) is 11.8 Å². The Morgan fingerprint density at radius 1 is 1.44 bits per heavy atom. The number of anilines is 1. The van der Waals surface area contributed by atoms with Crippen LogP contribution in [0.15, 0.2) is 18.2 Å². The van der Waals surface area contributed by atoms with Crippen LogP contribution in [0.2, 0.25) is 0 Å². The largest absolute Gasteiger partial charge is 0.497 e. The fourth-order valence-corrected chi connectivity index (χ4v) is 1.41. The maximum atomic E-state index is 12.4. The number of methoxy groups -OCH3 is 1. The van der Waals surface area contributed by atoms with Crippen LogP contribution in [0.3, 0.4) is 0 Å². The van der Waals surface area contributed by atoms with E-state index in [9.17, 15) is 13.2 Å². The number of hydrogen-bond donors (Lipinski definition) is 1. The van der Waals surface area contributed by atoms with E-state index in [1.807, 2.05) is 0 Å². The third kappa shape index (κ3) is 3.55. The van der Waals surface area contributed by atoms with E-state index in [2.05, 4.69) is 5.32 Å². The monoisotopic (exact) mass is 258 g/mol. The van der Waals surface area contributed by atoms with Crippen molar-refractivity contribution in [2.45, 2.75) is 13.1 Å². The van der Waals surface area contributed by atoms with Crippen molar-refractivity contribution in [2.24, 2.45) is 5.92 Å². The quantitative estimate of drug-likeness (QED) is 0.902. The van der Waals surface area contributed by atoms with Crippen LogP contribution >= 0.6 is 0 Å². The highest BCUT2D eigenvalue weighted by atomic mass is 19.4. The molecule has 1 aromatic rings. The van der Waals surface area contributed by atoms with Gasteiger partial charge in [0.2, 0.25) is 0 Å². The van der Waals surface area contributed by atoms with Crippen LogP contribution in [0.1, 0.15) is 5.56 Å². The molecule has 0 saturated heterocycles. The Bertz CT molecular complexity index is 452. The maximum Gasteiger partial charge on any atom is 0.406 e. The molecule has 0 amide bonds. The first-order valence-corrected chi connectivity index (χ1v) is 5.23. The first-order valence-electron chi connectivity index (χ1n) is 5.23. The van der Waals surface area contributed by atoms with Gasteiger partial charge < -0.3 is 10.1 Å². The number of rotatable bonds is 4. The Morgan fingerprint density at radius 2 is 2.11 bits per heavy atom. The maximum absolute atomic E-state index is 12.4. The molecule has 0 heterocycles. The Balaban J connectivity index is 2.72. The first-order chi connectivity index (χ1) is 8.38. The lowest BCUT2D eigenvalue weighted by atomic mass is 10.1. The van der Waals surface area contributed by atoms with Crippen molar-refractivity contribution < 1.29 is 17.9 Å². The fraction of sp³-hybridized carbons (Fsp3) is 0.417. The predicted octanol–water partition coefficient (Wildman–Crippen LogP) is 3.12. The molecule has 98 valence electrons. The molecule has 1 rings (SSSR count). The molecule has 0 aliphatic heterocycles. The van der Waals surface area contributed by atoms with Crippen LogP contribution in [-0.4, -0.2) is 19.8 Å². The van der Waals surface area contributed by atoms with Crippen LogP contribution in [0.5, 0.6) is 5.75 Å². The zero-order valence-electron chi connectivity index (χ0n) is 10.0. The summed E-state index contributed by atoms with van der Waals surface area (Å²) < 4.78 is 42.1. The SMILES string of the molecule is COc1ccc(NCC(C#N)C(F)(F)F)c(C)c1. The van der Waals surface area contributed by atoms with Crippen LogP contribution in [0, 0.1) is 24.2 Å². The summed E-state index contributed by atoms with van der Waals surface area (Å²) >= 11 is 0. The number of nitriles is 1. The lowest BCUT2D eigenvalue weighted by molar-refractivity contribution is -0.155. The van der Waals surface area contributed by atoms with Gasteiger partial charge >= 0.3 is 6.18 Å². The lowest BCUT2D eigenvalue weighted by Crippen LogP contribution is -2.28. The summed E-state index contributed by atoms with van der Waals surface area (Å²) in [4.78, 5) is 0. The van der Waals surface area contributed by atoms with Crippen LogP contribution in [0.25, 0.3) is 0 Å². The van der Waals surface area contributed by atoms with Gasteiger partial charge in [0.15, 0.2) is 5.92 Å². The molecule has 1 aromatic carbocycles. The Hall–Kier alpha value is -1.90. The van der Waals surface area contributed by atoms with E-state index < -0.39 is 18.6 Å². The number of nitrogens with zero attached hydrogens (tertiary/aromatic N) is 1. The highest BCUT2D eigenvalue weighted by molar-refractivity contribution is 5.53. The third-order valence-electron chi connectivity index (χ3n) is 2.48. The van der Waals surface area contributed by atoms with Crippen molar-refractivity contribution in [1.29, 1.82) is 5.26 Å². The summed E-state index contributed by atoms with van der Waals surface area (Å²) in [7, 11) is 1.51. The molecular formula is C12H13F3N2O. The normalized spacial score (nSPS) is 12.7. The van der Waals surface area contributed by atoms with Gasteiger partial charge in [-0.25, -0.2) is 0 Å². The second-order valence-electron chi connectivity index (χ2n) is 3.79. The molecule has 0 aromatic heterocycles. The molecule has 3 nitrogen and oxygen atoms in total. The van der Waals surface area contributed by atoms with Crippen LogP contribution in [-0.2, 0) is 0 Å². The molecular weight excluding hydrogens is 245 g/mol. The Kier molecular flexibility index (Phi) is 4.43. The minimum absolute atomic E-state index is 0.465. The smallest absolute Gasteiger partial charge is 0.406 e. The van der Waals surface area contributed by atoms with Crippen molar-refractivity contribution in [2.75, 3.05) is 19.0 Å². The summed E-state index contributed by atoms with van der Waals surface area (Å²) in [5, 5.41) is 11.1. The second kappa shape index (κ2) is 5.63. The standard InChI is InChI=1S/C12H13F3N2O/c1-8-5-10(18-2)3-4-11(8)17-7-9(6-16)12(13,14)15/h3-5,9,17H,7H2,1-2H3. The van der Waals surface area contributed by atoms with Gasteiger partial charge in [-0.05, 0) is 30.7 Å². The van der Waals surface area contributed by atoms with E-state index >= 15 is 0 Å². The minimum Gasteiger partial charge on any atom is -0.497 e. The molecule has 1 unspecified atom stereocenters. The first kappa shape index (κ1) is 14.2. The Morgan fingerprint density at radius 3 is 2.56 bits per heavy atom. The van der Waals surface area contributed by atoms with Crippen molar-refractivity contribution in [3.63, 3.8) is 0 Å². The number of hydrogen-bond acceptors (Lipinski definition) is 3. The van der Waals surface area contributed by atoms with Gasteiger partial charge in [-0.15, -0.1) is 0 Å². The zero-order valence-corrected chi connectivity index (χ0v) is 10.0. The van der Waals surface area contributed by atoms with E-state index in [1.165, 1.54) is 13.2 Å². The van der Waals surface area contributed by atoms with E-state index in [0.29, 0.717) is 11.4 Å². The molecule has 0 bridgehead atoms. The van der Waals surface area contributed by atoms with Crippen molar-refractivity contribution >= 4 is 5.69 Å². The number of halogens is 3. The molecule has 18 heavy (non-hydrogen) atoms. The van der Waals surface area contributed by atoms with Gasteiger partial charge in [0.05, 0.1) is 13.2 Å². The average molecular weight is 258 g/mol. The highest BCUT2D eigenvalue weighted by Gasteiger charge is 2.39. The molecule has 1 N–H and O–H groups in total. The predicted molar refractivity (Wildman–Crippen MR) is 61.4 cm³/mol. The number of nitrogens with one attached hydrogen (secondary N) is 1. The second-order valence-corrected chi connectivity index (χ2v) is 3.79. The van der Waals surface area contributed by atoms with Gasteiger partial charge in [0.1, 0.15) is 5.75 Å². The number of ether oxygens (including phenoxy) is 1. The fourth-order valence-electron chi connectivity index (χ4n) is 1.41. The zero-order chi connectivity index (χ0) is 13.8. The van der Waals surface area contributed by atoms with Crippen molar-refractivity contribution in [1.82, 2.24) is 0 Å². The van der Waals surface area contributed by atoms with E-state index in [0.717, 1.165) is 5.56 Å². The molecule has 1 atom stereocenters. The summed E-state index contributed by atoms with van der Waals surface area (Å²) in [5.41, 5.74) is 1.31. The minimum atomic E-state index is -4.51. The number of benzene rings is 1.